The van der Waals surface area contributed by atoms with Crippen molar-refractivity contribution in [1.29, 1.82) is 0 Å². The van der Waals surface area contributed by atoms with Crippen LogP contribution in [-0.4, -0.2) is 28.1 Å². The number of anilines is 1. The number of nitrogens with zero attached hydrogens (tertiary/aromatic N) is 2. The second-order valence-electron chi connectivity index (χ2n) is 6.69. The predicted molar refractivity (Wildman–Crippen MR) is 107 cm³/mol. The standard InChI is InChI=1S/C19H19N3O3S2/c1-3-25-19(24)17-16(12-6-4-10(2)8-14(12)26-17)20-18(23)11-5-7-13-15(9-11)27-22-21-13/h5,7,9-10H,3-4,6,8H2,1-2H3,(H,20,23)/t10-/m1/s1. The molecule has 140 valence electrons. The zero-order chi connectivity index (χ0) is 19.0. The maximum Gasteiger partial charge on any atom is 0.350 e. The third-order valence-electron chi connectivity index (χ3n) is 4.72. The third kappa shape index (κ3) is 3.46. The number of carbonyl (C=O) groups excluding carboxylic acids is 2. The van der Waals surface area contributed by atoms with E-state index >= 15 is 0 Å². The van der Waals surface area contributed by atoms with Crippen LogP contribution in [0.5, 0.6) is 0 Å². The Morgan fingerprint density at radius 3 is 3.04 bits per heavy atom. The third-order valence-corrected chi connectivity index (χ3v) is 6.64. The lowest BCUT2D eigenvalue weighted by Gasteiger charge is -2.19. The molecular formula is C19H19N3O3S2. The number of benzene rings is 1. The van der Waals surface area contributed by atoms with Crippen LogP contribution in [-0.2, 0) is 17.6 Å². The van der Waals surface area contributed by atoms with E-state index in [-0.39, 0.29) is 11.9 Å². The molecule has 0 saturated carbocycles. The molecule has 1 amide bonds. The van der Waals surface area contributed by atoms with Crippen molar-refractivity contribution >= 4 is 50.6 Å². The first-order valence-corrected chi connectivity index (χ1v) is 10.5. The van der Waals surface area contributed by atoms with Crippen LogP contribution in [0.2, 0.25) is 0 Å². The summed E-state index contributed by atoms with van der Waals surface area (Å²) < 4.78 is 9.97. The molecule has 0 saturated heterocycles. The predicted octanol–water partition coefficient (Wildman–Crippen LogP) is 4.31. The summed E-state index contributed by atoms with van der Waals surface area (Å²) in [5.74, 6) is -0.0342. The van der Waals surface area contributed by atoms with Gasteiger partial charge in [-0.1, -0.05) is 11.4 Å². The molecule has 0 bridgehead atoms. The van der Waals surface area contributed by atoms with Crippen molar-refractivity contribution in [1.82, 2.24) is 9.59 Å². The van der Waals surface area contributed by atoms with Gasteiger partial charge in [0.25, 0.3) is 5.91 Å². The smallest absolute Gasteiger partial charge is 0.350 e. The molecule has 3 aromatic rings. The van der Waals surface area contributed by atoms with Crippen LogP contribution in [0.15, 0.2) is 18.2 Å². The van der Waals surface area contributed by atoms with Crippen LogP contribution in [0, 0.1) is 5.92 Å². The first-order chi connectivity index (χ1) is 13.1. The highest BCUT2D eigenvalue weighted by Gasteiger charge is 2.28. The first-order valence-electron chi connectivity index (χ1n) is 8.92. The van der Waals surface area contributed by atoms with E-state index in [9.17, 15) is 9.59 Å². The van der Waals surface area contributed by atoms with E-state index in [1.807, 2.05) is 0 Å². The Morgan fingerprint density at radius 1 is 1.37 bits per heavy atom. The molecule has 0 unspecified atom stereocenters. The Kier molecular flexibility index (Phi) is 4.92. The zero-order valence-corrected chi connectivity index (χ0v) is 16.7. The van der Waals surface area contributed by atoms with Gasteiger partial charge < -0.3 is 10.1 Å². The summed E-state index contributed by atoms with van der Waals surface area (Å²) in [5, 5.41) is 6.98. The van der Waals surface area contributed by atoms with E-state index in [0.29, 0.717) is 28.7 Å². The van der Waals surface area contributed by atoms with Gasteiger partial charge in [0.1, 0.15) is 10.4 Å². The Balaban J connectivity index is 1.69. The molecule has 0 radical (unpaired) electrons. The summed E-state index contributed by atoms with van der Waals surface area (Å²) in [7, 11) is 0. The molecule has 6 nitrogen and oxygen atoms in total. The molecule has 1 aromatic carbocycles. The highest BCUT2D eigenvalue weighted by Crippen LogP contribution is 2.40. The molecular weight excluding hydrogens is 382 g/mol. The number of rotatable bonds is 4. The number of ether oxygens (including phenoxy) is 1. The minimum absolute atomic E-state index is 0.241. The highest BCUT2D eigenvalue weighted by molar-refractivity contribution is 7.15. The maximum absolute atomic E-state index is 12.9. The summed E-state index contributed by atoms with van der Waals surface area (Å²) in [6, 6.07) is 5.29. The van der Waals surface area contributed by atoms with Crippen molar-refractivity contribution in [3.63, 3.8) is 0 Å². The summed E-state index contributed by atoms with van der Waals surface area (Å²) in [4.78, 5) is 27.0. The number of nitrogens with one attached hydrogen (secondary N) is 1. The van der Waals surface area contributed by atoms with Crippen LogP contribution < -0.4 is 5.32 Å². The topological polar surface area (TPSA) is 81.2 Å². The van der Waals surface area contributed by atoms with E-state index in [4.69, 9.17) is 4.74 Å². The minimum Gasteiger partial charge on any atom is -0.462 e. The van der Waals surface area contributed by atoms with E-state index < -0.39 is 0 Å². The second-order valence-corrected chi connectivity index (χ2v) is 8.58. The number of amides is 1. The van der Waals surface area contributed by atoms with E-state index in [0.717, 1.165) is 35.0 Å². The van der Waals surface area contributed by atoms with E-state index in [2.05, 4.69) is 21.8 Å². The largest absolute Gasteiger partial charge is 0.462 e. The molecule has 2 heterocycles. The monoisotopic (exact) mass is 401 g/mol. The van der Waals surface area contributed by atoms with Gasteiger partial charge in [-0.05, 0) is 67.4 Å². The van der Waals surface area contributed by atoms with Gasteiger partial charge in [-0.15, -0.1) is 16.4 Å². The van der Waals surface area contributed by atoms with Gasteiger partial charge in [0, 0.05) is 10.4 Å². The van der Waals surface area contributed by atoms with Crippen LogP contribution in [0.25, 0.3) is 10.2 Å². The Bertz CT molecular complexity index is 1020. The van der Waals surface area contributed by atoms with Gasteiger partial charge in [0.2, 0.25) is 0 Å². The van der Waals surface area contributed by atoms with Gasteiger partial charge in [-0.25, -0.2) is 4.79 Å². The lowest BCUT2D eigenvalue weighted by Crippen LogP contribution is -2.17. The molecule has 0 aliphatic heterocycles. The lowest BCUT2D eigenvalue weighted by molar-refractivity contribution is 0.0533. The summed E-state index contributed by atoms with van der Waals surface area (Å²) >= 11 is 2.70. The first kappa shape index (κ1) is 18.1. The molecule has 1 aliphatic rings. The Morgan fingerprint density at radius 2 is 2.22 bits per heavy atom. The van der Waals surface area contributed by atoms with Crippen molar-refractivity contribution in [3.05, 3.63) is 39.1 Å². The summed E-state index contributed by atoms with van der Waals surface area (Å²) in [6.07, 6.45) is 2.84. The molecule has 1 atom stereocenters. The van der Waals surface area contributed by atoms with Crippen LogP contribution in [0.3, 0.4) is 0 Å². The van der Waals surface area contributed by atoms with Crippen LogP contribution in [0.4, 0.5) is 5.69 Å². The molecule has 1 aliphatic carbocycles. The van der Waals surface area contributed by atoms with Crippen LogP contribution >= 0.6 is 22.9 Å². The highest BCUT2D eigenvalue weighted by atomic mass is 32.1. The Hall–Kier alpha value is -2.32. The quantitative estimate of drug-likeness (QED) is 0.659. The molecule has 1 N–H and O–H groups in total. The molecule has 4 rings (SSSR count). The minimum atomic E-state index is -0.373. The number of esters is 1. The molecule has 27 heavy (non-hydrogen) atoms. The normalized spacial score (nSPS) is 16.1. The van der Waals surface area contributed by atoms with Crippen molar-refractivity contribution < 1.29 is 14.3 Å². The van der Waals surface area contributed by atoms with E-state index in [1.165, 1.54) is 27.7 Å². The van der Waals surface area contributed by atoms with E-state index in [1.54, 1.807) is 25.1 Å². The van der Waals surface area contributed by atoms with Crippen LogP contribution in [0.1, 0.15) is 50.7 Å². The number of hydrogen-bond acceptors (Lipinski definition) is 7. The number of aromatic nitrogens is 2. The zero-order valence-electron chi connectivity index (χ0n) is 15.1. The maximum atomic E-state index is 12.9. The fourth-order valence-corrected chi connectivity index (χ4v) is 5.29. The number of thiophene rings is 1. The van der Waals surface area contributed by atoms with Gasteiger partial charge in [0.15, 0.2) is 0 Å². The molecule has 0 fully saturated rings. The SMILES string of the molecule is CCOC(=O)c1sc2c(c1NC(=O)c1ccc3nnsc3c1)CC[C@@H](C)C2. The fourth-order valence-electron chi connectivity index (χ4n) is 3.33. The summed E-state index contributed by atoms with van der Waals surface area (Å²) in [6.45, 7) is 4.30. The van der Waals surface area contributed by atoms with Crippen molar-refractivity contribution in [2.75, 3.05) is 11.9 Å². The average Bonchev–Trinajstić information content (AvgIpc) is 3.25. The molecule has 0 spiro atoms. The number of hydrogen-bond donors (Lipinski definition) is 1. The van der Waals surface area contributed by atoms with Gasteiger partial charge in [-0.3, -0.25) is 4.79 Å². The number of carbonyl (C=O) groups is 2. The molecule has 2 aromatic heterocycles. The summed E-state index contributed by atoms with van der Waals surface area (Å²) in [5.41, 5.74) is 2.99. The average molecular weight is 402 g/mol. The molecule has 8 heteroatoms. The Labute approximate surface area is 164 Å². The van der Waals surface area contributed by atoms with Gasteiger partial charge in [-0.2, -0.15) is 0 Å². The fraction of sp³-hybridized carbons (Fsp3) is 0.368. The van der Waals surface area contributed by atoms with Crippen molar-refractivity contribution in [3.8, 4) is 0 Å². The lowest BCUT2D eigenvalue weighted by atomic mass is 9.89. The van der Waals surface area contributed by atoms with Crippen molar-refractivity contribution in [2.45, 2.75) is 33.1 Å². The second kappa shape index (κ2) is 7.36. The van der Waals surface area contributed by atoms with Gasteiger partial charge in [0.05, 0.1) is 17.0 Å². The van der Waals surface area contributed by atoms with Gasteiger partial charge >= 0.3 is 5.97 Å². The number of fused-ring (bicyclic) bond motifs is 2. The van der Waals surface area contributed by atoms with Crippen molar-refractivity contribution in [2.24, 2.45) is 5.92 Å².